The van der Waals surface area contributed by atoms with E-state index in [9.17, 15) is 9.18 Å². The van der Waals surface area contributed by atoms with Crippen LogP contribution in [0.3, 0.4) is 0 Å². The third kappa shape index (κ3) is 2.37. The Morgan fingerprint density at radius 1 is 1.27 bits per heavy atom. The van der Waals surface area contributed by atoms with Crippen molar-refractivity contribution in [1.82, 2.24) is 4.98 Å². The number of allylic oxidation sites excluding steroid dienone is 1. The van der Waals surface area contributed by atoms with E-state index in [1.807, 2.05) is 0 Å². The van der Waals surface area contributed by atoms with E-state index in [-0.39, 0.29) is 11.6 Å². The molecule has 0 fully saturated rings. The first kappa shape index (κ1) is 14.0. The summed E-state index contributed by atoms with van der Waals surface area (Å²) in [4.78, 5) is 15.5. The van der Waals surface area contributed by atoms with Gasteiger partial charge in [0.25, 0.3) is 0 Å². The first-order valence-electron chi connectivity index (χ1n) is 6.55. The molecular formula is C17H12FNO3. The summed E-state index contributed by atoms with van der Waals surface area (Å²) in [5.74, 6) is -1.67. The Bertz CT molecular complexity index is 894. The summed E-state index contributed by atoms with van der Waals surface area (Å²) in [5.41, 5.74) is 3.54. The number of fused-ring (bicyclic) bond motifs is 1. The summed E-state index contributed by atoms with van der Waals surface area (Å²) < 4.78 is 18.4. The molecule has 0 saturated heterocycles. The molecule has 2 heterocycles. The van der Waals surface area contributed by atoms with E-state index in [2.05, 4.69) is 11.6 Å². The highest BCUT2D eigenvalue weighted by Gasteiger charge is 2.16. The summed E-state index contributed by atoms with van der Waals surface area (Å²) >= 11 is 0. The number of nitrogens with zero attached hydrogens (tertiary/aromatic N) is 1. The van der Waals surface area contributed by atoms with E-state index in [1.54, 1.807) is 25.1 Å². The molecule has 3 rings (SSSR count). The fourth-order valence-corrected chi connectivity index (χ4v) is 2.21. The van der Waals surface area contributed by atoms with Crippen molar-refractivity contribution >= 4 is 22.6 Å². The number of furan rings is 1. The van der Waals surface area contributed by atoms with Gasteiger partial charge >= 0.3 is 5.97 Å². The Hall–Kier alpha value is -2.95. The van der Waals surface area contributed by atoms with Gasteiger partial charge in [0.05, 0.1) is 5.69 Å². The summed E-state index contributed by atoms with van der Waals surface area (Å²) in [7, 11) is 0. The Balaban J connectivity index is 2.26. The normalized spacial score (nSPS) is 10.8. The van der Waals surface area contributed by atoms with Crippen LogP contribution in [-0.2, 0) is 0 Å². The summed E-state index contributed by atoms with van der Waals surface area (Å²) in [6.07, 6.45) is 0. The molecule has 0 spiro atoms. The molecule has 0 aliphatic rings. The summed E-state index contributed by atoms with van der Waals surface area (Å²) in [6.45, 7) is 5.68. The zero-order valence-electron chi connectivity index (χ0n) is 11.8. The molecule has 1 aromatic carbocycles. The fraction of sp³-hybridized carbons (Fsp3) is 0.0588. The molecule has 4 nitrogen and oxygen atoms in total. The van der Waals surface area contributed by atoms with Crippen LogP contribution in [0.25, 0.3) is 27.9 Å². The molecule has 5 heteroatoms. The van der Waals surface area contributed by atoms with Crippen molar-refractivity contribution in [3.63, 3.8) is 0 Å². The number of benzene rings is 1. The predicted molar refractivity (Wildman–Crippen MR) is 81.1 cm³/mol. The van der Waals surface area contributed by atoms with Gasteiger partial charge in [-0.25, -0.2) is 14.2 Å². The second kappa shape index (κ2) is 5.11. The van der Waals surface area contributed by atoms with Gasteiger partial charge in [-0.05, 0) is 42.8 Å². The number of carboxylic acids is 1. The van der Waals surface area contributed by atoms with Crippen LogP contribution in [0.15, 0.2) is 47.4 Å². The van der Waals surface area contributed by atoms with Crippen molar-refractivity contribution in [3.8, 4) is 11.3 Å². The second-order valence-corrected chi connectivity index (χ2v) is 4.97. The molecule has 2 aromatic heterocycles. The van der Waals surface area contributed by atoms with Crippen LogP contribution >= 0.6 is 0 Å². The molecule has 0 saturated carbocycles. The van der Waals surface area contributed by atoms with E-state index in [0.717, 1.165) is 11.1 Å². The highest BCUT2D eigenvalue weighted by atomic mass is 19.1. The van der Waals surface area contributed by atoms with Crippen LogP contribution in [0.2, 0.25) is 0 Å². The number of halogens is 1. The average molecular weight is 297 g/mol. The van der Waals surface area contributed by atoms with Crippen LogP contribution < -0.4 is 0 Å². The summed E-state index contributed by atoms with van der Waals surface area (Å²) in [6, 6.07) is 9.05. The Kier molecular flexibility index (Phi) is 3.25. The first-order chi connectivity index (χ1) is 10.5. The third-order valence-corrected chi connectivity index (χ3v) is 3.29. The van der Waals surface area contributed by atoms with Crippen LogP contribution in [0, 0.1) is 5.82 Å². The van der Waals surface area contributed by atoms with Crippen molar-refractivity contribution in [2.45, 2.75) is 6.92 Å². The number of rotatable bonds is 3. The molecule has 0 atom stereocenters. The van der Waals surface area contributed by atoms with E-state index in [0.29, 0.717) is 22.4 Å². The molecule has 0 bridgehead atoms. The Labute approximate surface area is 125 Å². The van der Waals surface area contributed by atoms with Crippen LogP contribution in [0.5, 0.6) is 0 Å². The molecular weight excluding hydrogens is 285 g/mol. The standard InChI is InChI=1S/C17H12FNO3/c1-9(2)12-7-13(10-3-5-11(18)6-4-10)19-14-8-15(17(20)21)22-16(12)14/h3-8H,1H2,2H3,(H,20,21). The predicted octanol–water partition coefficient (Wildman–Crippen LogP) is 4.37. The van der Waals surface area contributed by atoms with E-state index in [4.69, 9.17) is 9.52 Å². The molecule has 22 heavy (non-hydrogen) atoms. The lowest BCUT2D eigenvalue weighted by molar-refractivity contribution is 0.0665. The first-order valence-corrected chi connectivity index (χ1v) is 6.55. The zero-order valence-corrected chi connectivity index (χ0v) is 11.8. The van der Waals surface area contributed by atoms with Crippen molar-refractivity contribution in [1.29, 1.82) is 0 Å². The SMILES string of the molecule is C=C(C)c1cc(-c2ccc(F)cc2)nc2cc(C(=O)O)oc12. The maximum atomic E-state index is 13.0. The summed E-state index contributed by atoms with van der Waals surface area (Å²) in [5, 5.41) is 9.05. The van der Waals surface area contributed by atoms with Gasteiger partial charge in [0.2, 0.25) is 5.76 Å². The average Bonchev–Trinajstić information content (AvgIpc) is 2.91. The molecule has 110 valence electrons. The lowest BCUT2D eigenvalue weighted by Crippen LogP contribution is -1.91. The molecule has 1 N–H and O–H groups in total. The molecule has 3 aromatic rings. The van der Waals surface area contributed by atoms with Gasteiger partial charge < -0.3 is 9.52 Å². The van der Waals surface area contributed by atoms with Crippen LogP contribution in [0.4, 0.5) is 4.39 Å². The van der Waals surface area contributed by atoms with Crippen LogP contribution in [0.1, 0.15) is 23.0 Å². The lowest BCUT2D eigenvalue weighted by Gasteiger charge is -2.06. The van der Waals surface area contributed by atoms with Crippen molar-refractivity contribution in [2.75, 3.05) is 0 Å². The highest BCUT2D eigenvalue weighted by molar-refractivity contribution is 5.95. The van der Waals surface area contributed by atoms with E-state index in [1.165, 1.54) is 18.2 Å². The minimum Gasteiger partial charge on any atom is -0.475 e. The monoisotopic (exact) mass is 297 g/mol. The Morgan fingerprint density at radius 3 is 2.55 bits per heavy atom. The number of carboxylic acid groups (broad SMARTS) is 1. The topological polar surface area (TPSA) is 63.3 Å². The largest absolute Gasteiger partial charge is 0.475 e. The number of aromatic nitrogens is 1. The number of carbonyl (C=O) groups is 1. The van der Waals surface area contributed by atoms with Gasteiger partial charge in [-0.2, -0.15) is 0 Å². The zero-order chi connectivity index (χ0) is 15.9. The van der Waals surface area contributed by atoms with Gasteiger partial charge in [-0.15, -0.1) is 0 Å². The number of hydrogen-bond acceptors (Lipinski definition) is 3. The number of hydrogen-bond donors (Lipinski definition) is 1. The van der Waals surface area contributed by atoms with Crippen molar-refractivity contribution in [2.24, 2.45) is 0 Å². The Morgan fingerprint density at radius 2 is 1.95 bits per heavy atom. The smallest absolute Gasteiger partial charge is 0.371 e. The van der Waals surface area contributed by atoms with Gasteiger partial charge in [0, 0.05) is 17.2 Å². The van der Waals surface area contributed by atoms with E-state index >= 15 is 0 Å². The minimum atomic E-state index is -1.16. The quantitative estimate of drug-likeness (QED) is 0.780. The minimum absolute atomic E-state index is 0.179. The maximum absolute atomic E-state index is 13.0. The van der Waals surface area contributed by atoms with Crippen molar-refractivity contribution in [3.05, 3.63) is 60.1 Å². The molecule has 0 radical (unpaired) electrons. The molecule has 0 aliphatic carbocycles. The lowest BCUT2D eigenvalue weighted by atomic mass is 10.0. The van der Waals surface area contributed by atoms with E-state index < -0.39 is 5.97 Å². The maximum Gasteiger partial charge on any atom is 0.371 e. The van der Waals surface area contributed by atoms with Gasteiger partial charge in [-0.3, -0.25) is 0 Å². The molecule has 0 amide bonds. The fourth-order valence-electron chi connectivity index (χ4n) is 2.21. The van der Waals surface area contributed by atoms with Gasteiger partial charge in [0.15, 0.2) is 5.58 Å². The van der Waals surface area contributed by atoms with Crippen LogP contribution in [-0.4, -0.2) is 16.1 Å². The van der Waals surface area contributed by atoms with Gasteiger partial charge in [0.1, 0.15) is 11.3 Å². The number of pyridine rings is 1. The molecule has 0 aliphatic heterocycles. The highest BCUT2D eigenvalue weighted by Crippen LogP contribution is 2.30. The number of aromatic carboxylic acids is 1. The third-order valence-electron chi connectivity index (χ3n) is 3.29. The van der Waals surface area contributed by atoms with Gasteiger partial charge in [-0.1, -0.05) is 6.58 Å². The second-order valence-electron chi connectivity index (χ2n) is 4.97. The molecule has 0 unspecified atom stereocenters. The van der Waals surface area contributed by atoms with Crippen molar-refractivity contribution < 1.29 is 18.7 Å².